The van der Waals surface area contributed by atoms with E-state index in [0.29, 0.717) is 17.0 Å². The summed E-state index contributed by atoms with van der Waals surface area (Å²) in [5, 5.41) is 2.13. The maximum atomic E-state index is 8.83. The van der Waals surface area contributed by atoms with Crippen molar-refractivity contribution in [2.45, 2.75) is 73.5 Å². The molecule has 0 saturated heterocycles. The zero-order chi connectivity index (χ0) is 46.7. The molecule has 0 N–H and O–H groups in total. The van der Waals surface area contributed by atoms with Gasteiger partial charge in [-0.1, -0.05) is 145 Å². The summed E-state index contributed by atoms with van der Waals surface area (Å²) in [5.41, 5.74) is 10.3. The molecule has 0 spiro atoms. The van der Waals surface area contributed by atoms with Gasteiger partial charge in [0.05, 0.1) is 22.4 Å². The van der Waals surface area contributed by atoms with Gasteiger partial charge in [-0.15, -0.1) is 53.6 Å². The molecule has 0 unspecified atom stereocenters. The summed E-state index contributed by atoms with van der Waals surface area (Å²) in [6.07, 6.45) is 0.378. The van der Waals surface area contributed by atoms with Crippen LogP contribution in [0, 0.1) is 24.4 Å². The van der Waals surface area contributed by atoms with Crippen molar-refractivity contribution >= 4 is 33.0 Å². The van der Waals surface area contributed by atoms with E-state index in [4.69, 9.17) is 19.0 Å². The summed E-state index contributed by atoms with van der Waals surface area (Å²) in [4.78, 5) is 9.46. The van der Waals surface area contributed by atoms with Crippen LogP contribution in [-0.4, -0.2) is 14.5 Å². The monoisotopic (exact) mass is 957 g/mol. The summed E-state index contributed by atoms with van der Waals surface area (Å²) >= 11 is 0. The van der Waals surface area contributed by atoms with Crippen LogP contribution >= 0.6 is 0 Å². The Morgan fingerprint density at radius 2 is 1.51 bits per heavy atom. The number of benzene rings is 6. The van der Waals surface area contributed by atoms with Crippen molar-refractivity contribution in [1.82, 2.24) is 14.5 Å². The van der Waals surface area contributed by atoms with E-state index >= 15 is 0 Å². The van der Waals surface area contributed by atoms with Crippen molar-refractivity contribution in [1.29, 1.82) is 0 Å². The largest absolute Gasteiger partial charge is 0.501 e. The Morgan fingerprint density at radius 3 is 2.20 bits per heavy atom. The van der Waals surface area contributed by atoms with Crippen molar-refractivity contribution in [2.75, 3.05) is 0 Å². The van der Waals surface area contributed by atoms with Crippen molar-refractivity contribution in [3.8, 4) is 39.5 Å². The Morgan fingerprint density at radius 1 is 0.780 bits per heavy atom. The van der Waals surface area contributed by atoms with Crippen LogP contribution in [0.3, 0.4) is 0 Å². The molecule has 0 bridgehead atoms. The summed E-state index contributed by atoms with van der Waals surface area (Å²) in [6.45, 7) is 10.9. The third kappa shape index (κ3) is 8.74. The topological polar surface area (TPSA) is 43.9 Å². The Hall–Kier alpha value is -5.61. The molecule has 59 heavy (non-hydrogen) atoms. The second-order valence-electron chi connectivity index (χ2n) is 16.0. The maximum Gasteiger partial charge on any atom is 0.120 e. The molecular weight excluding hydrogens is 899 g/mol. The predicted molar refractivity (Wildman–Crippen MR) is 243 cm³/mol. The number of nitrogens with zero attached hydrogens (tertiary/aromatic N) is 3. The van der Waals surface area contributed by atoms with Crippen LogP contribution in [0.1, 0.15) is 92.1 Å². The first-order valence-electron chi connectivity index (χ1n) is 23.1. The molecule has 4 nitrogen and oxygen atoms in total. The van der Waals surface area contributed by atoms with Crippen LogP contribution < -0.4 is 0 Å². The van der Waals surface area contributed by atoms with Crippen LogP contribution in [-0.2, 0) is 26.5 Å². The Bertz CT molecular complexity index is 3140. The van der Waals surface area contributed by atoms with Gasteiger partial charge in [-0.3, -0.25) is 4.98 Å². The first kappa shape index (κ1) is 33.2. The van der Waals surface area contributed by atoms with E-state index in [1.807, 2.05) is 162 Å². The van der Waals surface area contributed by atoms with Crippen molar-refractivity contribution in [3.63, 3.8) is 0 Å². The van der Waals surface area contributed by atoms with E-state index in [1.165, 1.54) is 6.07 Å². The van der Waals surface area contributed by atoms with E-state index < -0.39 is 30.4 Å². The summed E-state index contributed by atoms with van der Waals surface area (Å²) in [5.74, 6) is -1.25. The predicted octanol–water partition coefficient (Wildman–Crippen LogP) is 14.7. The zero-order valence-electron chi connectivity index (χ0n) is 41.4. The number of para-hydroxylation sites is 4. The van der Waals surface area contributed by atoms with Gasteiger partial charge in [0.15, 0.2) is 0 Å². The SMILES string of the molecule is [2H]C([2H])([2H])c1c[c-]c(-c2nc3ccccc3n2-c2c(C([2H])(C)C)cccc2C([2H])(C)C)cc1.[2H]C([2H])(c1ccc(-c2ccnc(-c3[c-]ccc4c3oc3ccccc34)c2)cc1)C(C)(C)C.[Ir]. The zero-order valence-corrected chi connectivity index (χ0v) is 36.8. The van der Waals surface area contributed by atoms with E-state index in [0.717, 1.165) is 72.2 Å². The molecule has 3 aromatic heterocycles. The number of furan rings is 1. The fourth-order valence-electron chi connectivity index (χ4n) is 7.39. The quantitative estimate of drug-likeness (QED) is 0.150. The molecule has 299 valence electrons. The molecule has 0 aliphatic carbocycles. The first-order chi connectivity index (χ1) is 30.5. The molecule has 9 aromatic rings. The molecule has 1 radical (unpaired) electrons. The van der Waals surface area contributed by atoms with Crippen LogP contribution in [0.2, 0.25) is 0 Å². The van der Waals surface area contributed by atoms with Gasteiger partial charge < -0.3 is 14.0 Å². The summed E-state index contributed by atoms with van der Waals surface area (Å²) in [7, 11) is 0. The fourth-order valence-corrected chi connectivity index (χ4v) is 7.39. The second kappa shape index (κ2) is 17.3. The van der Waals surface area contributed by atoms with Crippen LogP contribution in [0.4, 0.5) is 0 Å². The maximum absolute atomic E-state index is 8.83. The number of hydrogen-bond acceptors (Lipinski definition) is 3. The number of rotatable bonds is 7. The summed E-state index contributed by atoms with van der Waals surface area (Å²) in [6, 6.07) is 48.4. The number of fused-ring (bicyclic) bond motifs is 4. The number of pyridine rings is 1. The van der Waals surface area contributed by atoms with Gasteiger partial charge in [0.25, 0.3) is 0 Å². The molecule has 9 rings (SSSR count). The van der Waals surface area contributed by atoms with E-state index in [1.54, 1.807) is 18.3 Å². The minimum Gasteiger partial charge on any atom is -0.501 e. The van der Waals surface area contributed by atoms with E-state index in [2.05, 4.69) is 23.2 Å². The number of aromatic nitrogens is 3. The summed E-state index contributed by atoms with van der Waals surface area (Å²) < 4.78 is 65.8. The van der Waals surface area contributed by atoms with Gasteiger partial charge in [0.2, 0.25) is 0 Å². The molecule has 0 amide bonds. The molecule has 0 saturated carbocycles. The molecule has 0 aliphatic heterocycles. The molecule has 6 aromatic carbocycles. The van der Waals surface area contributed by atoms with E-state index in [9.17, 15) is 0 Å². The minimum absolute atomic E-state index is 0. The van der Waals surface area contributed by atoms with Gasteiger partial charge in [0, 0.05) is 47.0 Å². The second-order valence-corrected chi connectivity index (χ2v) is 16.0. The molecule has 0 atom stereocenters. The molecule has 3 heterocycles. The van der Waals surface area contributed by atoms with E-state index in [-0.39, 0.29) is 25.7 Å². The van der Waals surface area contributed by atoms with Gasteiger partial charge in [0.1, 0.15) is 5.58 Å². The molecule has 0 fully saturated rings. The average Bonchev–Trinajstić information content (AvgIpc) is 3.84. The smallest absolute Gasteiger partial charge is 0.120 e. The molecule has 5 heteroatoms. The van der Waals surface area contributed by atoms with Gasteiger partial charge in [-0.2, -0.15) is 0 Å². The number of hydrogen-bond donors (Lipinski definition) is 0. The minimum atomic E-state index is -2.21. The third-order valence-electron chi connectivity index (χ3n) is 10.0. The first-order valence-corrected chi connectivity index (χ1v) is 19.6. The fraction of sp³-hybridized carbons (Fsp3) is 0.222. The van der Waals surface area contributed by atoms with Crippen molar-refractivity contribution in [3.05, 3.63) is 174 Å². The van der Waals surface area contributed by atoms with Crippen LogP contribution in [0.5, 0.6) is 0 Å². The number of aryl methyl sites for hydroxylation is 1. The normalized spacial score (nSPS) is 14.2. The average molecular weight is 957 g/mol. The van der Waals surface area contributed by atoms with Gasteiger partial charge in [-0.25, -0.2) is 0 Å². The van der Waals surface area contributed by atoms with Gasteiger partial charge >= 0.3 is 0 Å². The standard InChI is InChI=1S/C28H24NO.C26H27N2.Ir/c1-28(2,3)18-19-11-13-20(14-12-19)21-15-16-29-25(17-21)24-9-6-8-23-22-7-4-5-10-26(22)30-27(23)24;1-17(2)21-9-8-10-22(18(3)4)25(21)28-24-12-7-6-11-23(24)27-26(28)20-15-13-19(5)14-16-20;/h4-8,10-17H,18H2,1-3H3;6-15,17-18H,1-5H3;/q2*-1;/i18D2;5D3,17D,18D;. The van der Waals surface area contributed by atoms with Crippen LogP contribution in [0.25, 0.3) is 72.4 Å². The third-order valence-corrected chi connectivity index (χ3v) is 10.0. The number of imidazole rings is 1. The molecule has 0 aliphatic rings. The Labute approximate surface area is 372 Å². The van der Waals surface area contributed by atoms with Crippen molar-refractivity contribution < 1.29 is 34.1 Å². The van der Waals surface area contributed by atoms with Crippen molar-refractivity contribution in [2.24, 2.45) is 5.41 Å². The molecular formula is C54H51IrN3O-2. The Kier molecular flexibility index (Phi) is 9.76. The Balaban J connectivity index is 0.000000193. The van der Waals surface area contributed by atoms with Gasteiger partial charge in [-0.05, 0) is 81.4 Å². The van der Waals surface area contributed by atoms with Crippen LogP contribution in [0.15, 0.2) is 144 Å².